The fourth-order valence-corrected chi connectivity index (χ4v) is 18.4. The molecule has 0 aliphatic carbocycles. The molecule has 0 atom stereocenters. The summed E-state index contributed by atoms with van der Waals surface area (Å²) in [4.78, 5) is 32.1. The van der Waals surface area contributed by atoms with Crippen LogP contribution in [0, 0.1) is 42.9 Å². The number of nitrogens with zero attached hydrogens (tertiary/aromatic N) is 4. The first kappa shape index (κ1) is 97.1. The maximum absolute atomic E-state index is 17.2. The first-order chi connectivity index (χ1) is 64.4. The van der Waals surface area contributed by atoms with Crippen molar-refractivity contribution in [3.05, 3.63) is 259 Å². The first-order valence-corrected chi connectivity index (χ1v) is 45.5. The topological polar surface area (TPSA) is 133 Å². The van der Waals surface area contributed by atoms with Crippen LogP contribution in [0.5, 0.6) is 11.5 Å². The Morgan fingerprint density at radius 3 is 1.07 bits per heavy atom. The van der Waals surface area contributed by atoms with E-state index < -0.39 is 138 Å². The number of aryl methyl sites for hydroxylation is 4. The molecular formula is C106H99F19N8O2. The van der Waals surface area contributed by atoms with Gasteiger partial charge in [-0.15, -0.1) is 0 Å². The van der Waals surface area contributed by atoms with Gasteiger partial charge in [0, 0.05) is 44.3 Å². The van der Waals surface area contributed by atoms with E-state index in [0.29, 0.717) is 118 Å². The summed E-state index contributed by atoms with van der Waals surface area (Å²) < 4.78 is 314. The van der Waals surface area contributed by atoms with E-state index in [-0.39, 0.29) is 24.9 Å². The van der Waals surface area contributed by atoms with Crippen LogP contribution in [-0.2, 0) is 37.9 Å². The molecule has 708 valence electrons. The molecule has 10 nitrogen and oxygen atoms in total. The summed E-state index contributed by atoms with van der Waals surface area (Å²) in [6.45, 7) is 17.2. The molecule has 0 saturated carbocycles. The van der Waals surface area contributed by atoms with Crippen LogP contribution in [0.15, 0.2) is 140 Å². The van der Waals surface area contributed by atoms with Gasteiger partial charge in [0.25, 0.3) is 0 Å². The number of allylic oxidation sites excluding steroid dienone is 4. The summed E-state index contributed by atoms with van der Waals surface area (Å²) in [6.07, 6.45) is 4.32. The predicted molar refractivity (Wildman–Crippen MR) is 494 cm³/mol. The second kappa shape index (κ2) is 39.5. The number of fused-ring (bicyclic) bond motifs is 16. The number of nitrogens with one attached hydrogen (secondary N) is 4. The molecule has 4 aliphatic rings. The summed E-state index contributed by atoms with van der Waals surface area (Å²) in [5.41, 5.74) is -2.06. The lowest BCUT2D eigenvalue weighted by Gasteiger charge is -2.28. The van der Waals surface area contributed by atoms with Gasteiger partial charge in [-0.25, -0.2) is 41.9 Å². The van der Waals surface area contributed by atoms with E-state index in [9.17, 15) is 30.7 Å². The number of H-pyrrole nitrogens is 4. The number of hydrogen-bond acceptors (Lipinski definition) is 6. The Balaban J connectivity index is 1.06. The fraction of sp³-hybridized carbons (Fsp3) is 0.340. The summed E-state index contributed by atoms with van der Waals surface area (Å²) in [7, 11) is 0. The molecule has 11 aromatic rings. The molecule has 0 unspecified atom stereocenters. The highest BCUT2D eigenvalue weighted by Gasteiger charge is 2.75. The van der Waals surface area contributed by atoms with Crippen LogP contribution in [0.2, 0.25) is 0 Å². The molecule has 0 radical (unpaired) electrons. The van der Waals surface area contributed by atoms with Crippen LogP contribution >= 0.6 is 0 Å². The van der Waals surface area contributed by atoms with Crippen LogP contribution < -0.4 is 9.47 Å². The van der Waals surface area contributed by atoms with Gasteiger partial charge in [0.05, 0.1) is 89.9 Å². The molecule has 0 amide bonds. The second-order valence-corrected chi connectivity index (χ2v) is 34.7. The second-order valence-electron chi connectivity index (χ2n) is 34.7. The van der Waals surface area contributed by atoms with E-state index in [1.807, 2.05) is 97.7 Å². The van der Waals surface area contributed by atoms with Crippen molar-refractivity contribution in [1.82, 2.24) is 39.9 Å². The van der Waals surface area contributed by atoms with Gasteiger partial charge in [-0.05, 0) is 219 Å². The summed E-state index contributed by atoms with van der Waals surface area (Å²) in [5.74, 6) is -39.9. The number of hydrogen-bond donors (Lipinski definition) is 4. The standard InChI is InChI=1S/C106H99F19N8O2/c1-9-13-17-27-36-66-58(5)97-85(65-44-42-64(43-45-65)84-70-46-50-74(126-70)90(101(112,113)103(116,117)105(120,121)122)76-52-48-72(128-76)86(88-92(107)94(109)96(111)95(110)93(88)108)73-49-53-77(129-73)91(75-51-47-71(84)127-75)102(114,115)104(118,119)106(123,124)125)98-59(6)67(37-28-18-14-10-2)79(131-98)55-81-69(39-30-20-16-12-4)61(8)100(133-81)89(99-60(7)68(38-29-19-15-11-3)80(132-99)54-78(66)130-97)87-82(134-56-62-32-23-21-24-33-62)40-31-41-83(87)135-57-63-34-25-22-26-35-63/h21-26,31-35,40-55,126,129-130,133H,9-20,27-30,36-39,56-57H2,1-8H3. The number of aromatic nitrogens is 8. The van der Waals surface area contributed by atoms with Crippen molar-refractivity contribution in [3.8, 4) is 56.0 Å². The third-order valence-electron chi connectivity index (χ3n) is 25.7. The Labute approximate surface area is 767 Å². The Kier molecular flexibility index (Phi) is 28.4. The minimum atomic E-state index is -7.10. The minimum absolute atomic E-state index is 0.139. The monoisotopic (exact) mass is 1880 g/mol. The summed E-state index contributed by atoms with van der Waals surface area (Å²) in [6, 6.07) is 38.0. The largest absolute Gasteiger partial charge is 0.488 e. The fourth-order valence-electron chi connectivity index (χ4n) is 18.4. The van der Waals surface area contributed by atoms with E-state index in [1.165, 1.54) is 12.1 Å². The normalized spacial score (nSPS) is 13.4. The zero-order valence-electron chi connectivity index (χ0n) is 75.4. The summed E-state index contributed by atoms with van der Waals surface area (Å²) >= 11 is 0. The van der Waals surface area contributed by atoms with Crippen molar-refractivity contribution in [1.29, 1.82) is 0 Å². The van der Waals surface area contributed by atoms with Gasteiger partial charge in [0.15, 0.2) is 23.3 Å². The maximum atomic E-state index is 17.2. The van der Waals surface area contributed by atoms with E-state index >= 15 is 52.7 Å². The molecule has 10 heterocycles. The van der Waals surface area contributed by atoms with Crippen molar-refractivity contribution in [2.45, 2.75) is 233 Å². The van der Waals surface area contributed by atoms with Gasteiger partial charge in [-0.1, -0.05) is 196 Å². The molecule has 16 bridgehead atoms. The van der Waals surface area contributed by atoms with Crippen molar-refractivity contribution in [2.24, 2.45) is 0 Å². The van der Waals surface area contributed by atoms with E-state index in [1.54, 1.807) is 12.1 Å². The third kappa shape index (κ3) is 18.6. The lowest BCUT2D eigenvalue weighted by molar-refractivity contribution is -0.359. The predicted octanol–water partition coefficient (Wildman–Crippen LogP) is 33.0. The quantitative estimate of drug-likeness (QED) is 0.0137. The molecule has 0 fully saturated rings. The molecule has 4 N–H and O–H groups in total. The van der Waals surface area contributed by atoms with Crippen molar-refractivity contribution in [3.63, 3.8) is 0 Å². The minimum Gasteiger partial charge on any atom is -0.488 e. The molecule has 15 rings (SSSR count). The van der Waals surface area contributed by atoms with Crippen LogP contribution in [-0.4, -0.2) is 64.1 Å². The van der Waals surface area contributed by atoms with Crippen LogP contribution in [0.25, 0.3) is 135 Å². The molecule has 0 saturated heterocycles. The Hall–Kier alpha value is -12.4. The lowest BCUT2D eigenvalue weighted by atomic mass is 9.92. The Morgan fingerprint density at radius 1 is 0.311 bits per heavy atom. The maximum Gasteiger partial charge on any atom is 0.460 e. The van der Waals surface area contributed by atoms with E-state index in [0.717, 1.165) is 187 Å². The lowest BCUT2D eigenvalue weighted by Crippen LogP contribution is -2.50. The summed E-state index contributed by atoms with van der Waals surface area (Å²) in [5, 5.41) is 0. The number of aromatic amines is 4. The number of halogens is 19. The zero-order valence-corrected chi connectivity index (χ0v) is 75.4. The molecule has 5 aromatic carbocycles. The highest BCUT2D eigenvalue weighted by atomic mass is 19.4. The smallest absolute Gasteiger partial charge is 0.460 e. The van der Waals surface area contributed by atoms with Crippen molar-refractivity contribution < 1.29 is 92.9 Å². The molecule has 6 aromatic heterocycles. The first-order valence-electron chi connectivity index (χ1n) is 45.5. The highest BCUT2D eigenvalue weighted by Crippen LogP contribution is 2.58. The third-order valence-corrected chi connectivity index (χ3v) is 25.7. The molecule has 135 heavy (non-hydrogen) atoms. The van der Waals surface area contributed by atoms with Gasteiger partial charge in [0.1, 0.15) is 24.7 Å². The van der Waals surface area contributed by atoms with Gasteiger partial charge >= 0.3 is 36.0 Å². The number of benzene rings is 5. The van der Waals surface area contributed by atoms with Gasteiger partial charge in [-0.2, -0.15) is 61.5 Å². The Morgan fingerprint density at radius 2 is 0.667 bits per heavy atom. The number of alkyl halides is 14. The van der Waals surface area contributed by atoms with Crippen molar-refractivity contribution >= 4 is 90.7 Å². The van der Waals surface area contributed by atoms with Crippen LogP contribution in [0.4, 0.5) is 83.4 Å². The number of rotatable bonds is 34. The number of ether oxygens (including phenoxy) is 2. The average Bonchev–Trinajstić information content (AvgIpc) is 1.63. The molecular weight excluding hydrogens is 1780 g/mol. The van der Waals surface area contributed by atoms with Gasteiger partial charge in [0.2, 0.25) is 5.82 Å². The highest BCUT2D eigenvalue weighted by molar-refractivity contribution is 6.06. The van der Waals surface area contributed by atoms with E-state index in [2.05, 4.69) is 78.6 Å². The number of unbranched alkanes of at least 4 members (excludes halogenated alkanes) is 12. The van der Waals surface area contributed by atoms with Crippen LogP contribution in [0.3, 0.4) is 0 Å². The Bertz CT molecular complexity index is 6700. The SMILES string of the molecule is CCCCCCC1=C(C)c2nc1cc1[nH]c(c(C)c1CCCCCC)c(-c1c(OCc3ccccc3)cccc1OCc1ccccc1)c1nc(cc3[nH]c(c(C)c3CCCCCC)c2-c2ccc(-c3c4nc(c(C(F)(F)C(F)(F)C(F)(F)F)c5ccc([nH]5)c(-c5c(F)c(F)c(F)c(F)c5F)c5nc(c(C(F)(F)C(F)(F)C(F)(F)F)c6ccc3[nH]6)C=C5)C=C4)cc2)C(CCCCCC)=C1C. The van der Waals surface area contributed by atoms with Gasteiger partial charge < -0.3 is 29.4 Å². The molecule has 0 spiro atoms. The molecule has 29 heteroatoms. The van der Waals surface area contributed by atoms with E-state index in [4.69, 9.17) is 19.4 Å². The molecule has 4 aliphatic heterocycles. The average molecular weight is 1880 g/mol. The van der Waals surface area contributed by atoms with Gasteiger partial charge in [-0.3, -0.25) is 0 Å². The van der Waals surface area contributed by atoms with Crippen LogP contribution in [0.1, 0.15) is 247 Å². The van der Waals surface area contributed by atoms with Crippen molar-refractivity contribution in [2.75, 3.05) is 0 Å². The zero-order chi connectivity index (χ0) is 96.5.